The normalized spacial score (nSPS) is 14.2. The van der Waals surface area contributed by atoms with Crippen LogP contribution in [0.2, 0.25) is 0 Å². The molecule has 1 aliphatic heterocycles. The molecule has 142 valence electrons. The second kappa shape index (κ2) is 6.45. The maximum absolute atomic E-state index is 13.5. The van der Waals surface area contributed by atoms with Crippen LogP contribution in [0.25, 0.3) is 22.5 Å². The summed E-state index contributed by atoms with van der Waals surface area (Å²) in [6.07, 6.45) is -4.02. The fourth-order valence-corrected chi connectivity index (χ4v) is 3.49. The number of aromatic nitrogens is 3. The van der Waals surface area contributed by atoms with Gasteiger partial charge in [0.25, 0.3) is 0 Å². The monoisotopic (exact) mass is 397 g/mol. The lowest BCUT2D eigenvalue weighted by Crippen LogP contribution is -2.07. The van der Waals surface area contributed by atoms with Gasteiger partial charge in [0.15, 0.2) is 11.5 Å². The summed E-state index contributed by atoms with van der Waals surface area (Å²) >= 11 is 1.23. The number of aryl methyl sites for hydroxylation is 1. The number of nitrogens with zero attached hydrogens (tertiary/aromatic N) is 2. The zero-order valence-corrected chi connectivity index (χ0v) is 14.9. The molecule has 0 saturated heterocycles. The van der Waals surface area contributed by atoms with Gasteiger partial charge in [-0.25, -0.2) is 4.98 Å². The second-order valence-corrected chi connectivity index (χ2v) is 6.97. The number of hydrogen-bond donors (Lipinski definition) is 2. The molecule has 2 aromatic heterocycles. The molecule has 0 unspecified atom stereocenters. The van der Waals surface area contributed by atoms with Gasteiger partial charge in [-0.15, -0.1) is 11.3 Å². The van der Waals surface area contributed by atoms with Crippen LogP contribution in [0.3, 0.4) is 0 Å². The van der Waals surface area contributed by atoms with Crippen molar-refractivity contribution in [1.29, 1.82) is 0 Å². The number of aromatic hydroxyl groups is 1. The van der Waals surface area contributed by atoms with Crippen molar-refractivity contribution >= 4 is 11.3 Å². The van der Waals surface area contributed by atoms with Crippen molar-refractivity contribution in [2.24, 2.45) is 0 Å². The van der Waals surface area contributed by atoms with Crippen molar-refractivity contribution in [3.63, 3.8) is 0 Å². The maximum atomic E-state index is 13.5. The summed E-state index contributed by atoms with van der Waals surface area (Å²) in [5.74, 6) is 0.121. The Labute approximate surface area is 155 Å². The number of halogens is 3. The number of fused-ring (bicyclic) bond motifs is 1. The van der Waals surface area contributed by atoms with Crippen molar-refractivity contribution in [3.8, 4) is 39.8 Å². The van der Waals surface area contributed by atoms with E-state index in [0.717, 1.165) is 0 Å². The molecule has 2 N–H and O–H groups in total. The Hall–Kier alpha value is -2.75. The number of rotatable bonds is 2. The molecule has 27 heavy (non-hydrogen) atoms. The highest BCUT2D eigenvalue weighted by Gasteiger charge is 2.39. The number of phenolic OH excluding ortho intramolecular Hbond substituents is 1. The topological polar surface area (TPSA) is 80.3 Å². The molecule has 0 atom stereocenters. The van der Waals surface area contributed by atoms with Crippen LogP contribution >= 0.6 is 11.3 Å². The lowest BCUT2D eigenvalue weighted by atomic mass is 10.0. The Bertz CT molecular complexity index is 997. The van der Waals surface area contributed by atoms with Crippen LogP contribution in [-0.2, 0) is 6.18 Å². The molecule has 3 heterocycles. The number of benzene rings is 1. The first-order valence-corrected chi connectivity index (χ1v) is 8.94. The molecule has 3 aromatic rings. The van der Waals surface area contributed by atoms with E-state index in [1.165, 1.54) is 22.8 Å². The molecule has 0 spiro atoms. The third kappa shape index (κ3) is 3.09. The van der Waals surface area contributed by atoms with Crippen molar-refractivity contribution in [2.75, 3.05) is 13.2 Å². The molecule has 0 radical (unpaired) electrons. The van der Waals surface area contributed by atoms with Crippen LogP contribution < -0.4 is 9.47 Å². The van der Waals surface area contributed by atoms with E-state index in [2.05, 4.69) is 10.1 Å². The van der Waals surface area contributed by atoms with E-state index in [0.29, 0.717) is 30.4 Å². The van der Waals surface area contributed by atoms with Gasteiger partial charge in [0, 0.05) is 17.4 Å². The van der Waals surface area contributed by atoms with E-state index in [1.807, 2.05) is 5.10 Å². The van der Waals surface area contributed by atoms with E-state index >= 15 is 0 Å². The number of hydrogen-bond acceptors (Lipinski definition) is 6. The molecule has 0 bridgehead atoms. The van der Waals surface area contributed by atoms with Gasteiger partial charge < -0.3 is 14.6 Å². The van der Waals surface area contributed by atoms with Crippen LogP contribution in [0.5, 0.6) is 17.2 Å². The van der Waals surface area contributed by atoms with Crippen LogP contribution in [0.15, 0.2) is 17.5 Å². The fraction of sp³-hybridized carbons (Fsp3) is 0.294. The molecule has 4 rings (SSSR count). The largest absolute Gasteiger partial charge is 0.504 e. The predicted octanol–water partition coefficient (Wildman–Crippen LogP) is 4.39. The molecule has 1 aromatic carbocycles. The van der Waals surface area contributed by atoms with Gasteiger partial charge in [-0.05, 0) is 19.1 Å². The Kier molecular flexibility index (Phi) is 4.22. The number of thiazole rings is 1. The summed E-state index contributed by atoms with van der Waals surface area (Å²) in [5.41, 5.74) is -1.04. The third-order valence-corrected chi connectivity index (χ3v) is 4.84. The Morgan fingerprint density at radius 3 is 2.70 bits per heavy atom. The van der Waals surface area contributed by atoms with E-state index in [4.69, 9.17) is 9.47 Å². The van der Waals surface area contributed by atoms with Gasteiger partial charge in [-0.2, -0.15) is 18.3 Å². The van der Waals surface area contributed by atoms with Gasteiger partial charge in [0.1, 0.15) is 11.4 Å². The molecule has 10 heteroatoms. The highest BCUT2D eigenvalue weighted by Crippen LogP contribution is 2.48. The van der Waals surface area contributed by atoms with Gasteiger partial charge >= 0.3 is 6.18 Å². The minimum atomic E-state index is -4.65. The van der Waals surface area contributed by atoms with Crippen LogP contribution in [-0.4, -0.2) is 33.5 Å². The number of ether oxygens (including phenoxy) is 2. The highest BCUT2D eigenvalue weighted by molar-refractivity contribution is 7.09. The minimum Gasteiger partial charge on any atom is -0.504 e. The first-order chi connectivity index (χ1) is 12.9. The van der Waals surface area contributed by atoms with Gasteiger partial charge in [0.05, 0.1) is 29.5 Å². The van der Waals surface area contributed by atoms with Crippen molar-refractivity contribution in [2.45, 2.75) is 19.5 Å². The summed E-state index contributed by atoms with van der Waals surface area (Å²) < 4.78 is 51.5. The first-order valence-electron chi connectivity index (χ1n) is 8.06. The standard InChI is InChI=1S/C17H14F3N3O3S/c1-8-21-10(7-27-8)12-13(22-23-16(12)17(18,19)20)9-3-4-11-15(14(9)24)26-6-2-5-25-11/h3-4,7,24H,2,5-6H2,1H3,(H,22,23). The molecule has 0 fully saturated rings. The Balaban J connectivity index is 1.93. The van der Waals surface area contributed by atoms with Crippen molar-refractivity contribution < 1.29 is 27.8 Å². The summed E-state index contributed by atoms with van der Waals surface area (Å²) in [7, 11) is 0. The summed E-state index contributed by atoms with van der Waals surface area (Å²) in [4.78, 5) is 4.17. The van der Waals surface area contributed by atoms with Crippen LogP contribution in [0.1, 0.15) is 17.1 Å². The number of H-pyrrole nitrogens is 1. The van der Waals surface area contributed by atoms with Crippen LogP contribution in [0.4, 0.5) is 13.2 Å². The molecule has 0 aliphatic carbocycles. The molecular weight excluding hydrogens is 383 g/mol. The fourth-order valence-electron chi connectivity index (χ4n) is 2.88. The first kappa shape index (κ1) is 17.7. The van der Waals surface area contributed by atoms with Gasteiger partial charge in [-0.1, -0.05) is 0 Å². The third-order valence-electron chi connectivity index (χ3n) is 4.07. The van der Waals surface area contributed by atoms with E-state index in [-0.39, 0.29) is 34.0 Å². The molecular formula is C17H14F3N3O3S. The van der Waals surface area contributed by atoms with E-state index in [9.17, 15) is 18.3 Å². The maximum Gasteiger partial charge on any atom is 0.433 e. The SMILES string of the molecule is Cc1nc(-c2c(-c3ccc4c(c3O)OCCCO4)n[nH]c2C(F)(F)F)cs1. The number of alkyl halides is 3. The lowest BCUT2D eigenvalue weighted by Gasteiger charge is -2.12. The molecule has 6 nitrogen and oxygen atoms in total. The highest BCUT2D eigenvalue weighted by atomic mass is 32.1. The summed E-state index contributed by atoms with van der Waals surface area (Å²) in [6.45, 7) is 2.46. The molecule has 0 saturated carbocycles. The number of phenols is 1. The van der Waals surface area contributed by atoms with Crippen LogP contribution in [0, 0.1) is 6.92 Å². The van der Waals surface area contributed by atoms with E-state index in [1.54, 1.807) is 13.0 Å². The smallest absolute Gasteiger partial charge is 0.433 e. The average molecular weight is 397 g/mol. The lowest BCUT2D eigenvalue weighted by molar-refractivity contribution is -0.140. The van der Waals surface area contributed by atoms with Crippen molar-refractivity contribution in [3.05, 3.63) is 28.2 Å². The average Bonchev–Trinajstić information content (AvgIpc) is 3.15. The predicted molar refractivity (Wildman–Crippen MR) is 92.1 cm³/mol. The molecule has 1 aliphatic rings. The summed E-state index contributed by atoms with van der Waals surface area (Å²) in [6, 6.07) is 3.01. The minimum absolute atomic E-state index is 0.0548. The second-order valence-electron chi connectivity index (χ2n) is 5.91. The van der Waals surface area contributed by atoms with Crippen molar-refractivity contribution in [1.82, 2.24) is 15.2 Å². The number of nitrogens with one attached hydrogen (secondary N) is 1. The van der Waals surface area contributed by atoms with E-state index < -0.39 is 11.9 Å². The quantitative estimate of drug-likeness (QED) is 0.670. The van der Waals surface area contributed by atoms with Gasteiger partial charge in [0.2, 0.25) is 5.75 Å². The van der Waals surface area contributed by atoms with Gasteiger partial charge in [-0.3, -0.25) is 5.10 Å². The Morgan fingerprint density at radius 1 is 1.22 bits per heavy atom. The zero-order chi connectivity index (χ0) is 19.2. The number of aromatic amines is 1. The zero-order valence-electron chi connectivity index (χ0n) is 14.1. The Morgan fingerprint density at radius 2 is 2.00 bits per heavy atom. The summed E-state index contributed by atoms with van der Waals surface area (Å²) in [5, 5.41) is 18.7. The molecule has 0 amide bonds.